The zero-order chi connectivity index (χ0) is 18.7. The molecule has 3 rings (SSSR count). The average Bonchev–Trinajstić information content (AvgIpc) is 2.87. The van der Waals surface area contributed by atoms with E-state index in [2.05, 4.69) is 12.2 Å². The lowest BCUT2D eigenvalue weighted by Gasteiger charge is -2.34. The summed E-state index contributed by atoms with van der Waals surface area (Å²) in [4.78, 5) is 40.4. The van der Waals surface area contributed by atoms with Gasteiger partial charge in [-0.15, -0.1) is 0 Å². The normalized spacial score (nSPS) is 25.5. The van der Waals surface area contributed by atoms with Gasteiger partial charge in [0.25, 0.3) is 5.91 Å². The van der Waals surface area contributed by atoms with Gasteiger partial charge in [0.1, 0.15) is 12.1 Å². The molecule has 1 saturated heterocycles. The summed E-state index contributed by atoms with van der Waals surface area (Å²) in [5.41, 5.74) is 0.219. The van der Waals surface area contributed by atoms with Crippen molar-refractivity contribution in [2.24, 2.45) is 5.92 Å². The topological polar surface area (TPSA) is 69.7 Å². The molecule has 0 atom stereocenters. The highest BCUT2D eigenvalue weighted by Crippen LogP contribution is 2.37. The molecule has 1 saturated carbocycles. The van der Waals surface area contributed by atoms with Gasteiger partial charge in [-0.2, -0.15) is 0 Å². The number of amides is 4. The SMILES string of the molecule is CCC1CCC2(CC1)NC(=O)N(CC(=O)N(C)Cc1ccccc1)C2=O. The Morgan fingerprint density at radius 2 is 1.88 bits per heavy atom. The number of rotatable bonds is 5. The minimum Gasteiger partial charge on any atom is -0.340 e. The van der Waals surface area contributed by atoms with Crippen LogP contribution in [0.4, 0.5) is 4.79 Å². The van der Waals surface area contributed by atoms with E-state index in [0.717, 1.165) is 29.7 Å². The summed E-state index contributed by atoms with van der Waals surface area (Å²) < 4.78 is 0. The molecule has 6 nitrogen and oxygen atoms in total. The summed E-state index contributed by atoms with van der Waals surface area (Å²) in [5, 5.41) is 2.87. The second-order valence-corrected chi connectivity index (χ2v) is 7.49. The molecule has 1 N–H and O–H groups in total. The minimum absolute atomic E-state index is 0.201. The highest BCUT2D eigenvalue weighted by molar-refractivity contribution is 6.09. The van der Waals surface area contributed by atoms with Gasteiger partial charge in [0.2, 0.25) is 5.91 Å². The monoisotopic (exact) mass is 357 g/mol. The number of hydrogen-bond acceptors (Lipinski definition) is 3. The van der Waals surface area contributed by atoms with Crippen LogP contribution in [0.5, 0.6) is 0 Å². The Hall–Kier alpha value is -2.37. The third-order valence-electron chi connectivity index (χ3n) is 5.76. The largest absolute Gasteiger partial charge is 0.340 e. The molecule has 6 heteroatoms. The van der Waals surface area contributed by atoms with Crippen molar-refractivity contribution in [3.8, 4) is 0 Å². The van der Waals surface area contributed by atoms with Crippen LogP contribution in [0.2, 0.25) is 0 Å². The fraction of sp³-hybridized carbons (Fsp3) is 0.550. The summed E-state index contributed by atoms with van der Waals surface area (Å²) in [7, 11) is 1.69. The molecule has 1 aromatic rings. The van der Waals surface area contributed by atoms with Crippen molar-refractivity contribution in [1.29, 1.82) is 0 Å². The number of nitrogens with one attached hydrogen (secondary N) is 1. The Morgan fingerprint density at radius 3 is 2.50 bits per heavy atom. The Kier molecular flexibility index (Phi) is 5.30. The molecule has 140 valence electrons. The summed E-state index contributed by atoms with van der Waals surface area (Å²) in [6.45, 7) is 2.41. The first kappa shape index (κ1) is 18.4. The van der Waals surface area contributed by atoms with E-state index < -0.39 is 11.6 Å². The summed E-state index contributed by atoms with van der Waals surface area (Å²) in [6.07, 6.45) is 4.32. The molecule has 2 aliphatic rings. The number of imide groups is 1. The number of carbonyl (C=O) groups excluding carboxylic acids is 3. The van der Waals surface area contributed by atoms with E-state index in [1.54, 1.807) is 11.9 Å². The fourth-order valence-corrected chi connectivity index (χ4v) is 3.94. The van der Waals surface area contributed by atoms with E-state index in [1.807, 2.05) is 30.3 Å². The molecule has 0 radical (unpaired) electrons. The number of hydrogen-bond donors (Lipinski definition) is 1. The van der Waals surface area contributed by atoms with Crippen molar-refractivity contribution >= 4 is 17.8 Å². The van der Waals surface area contributed by atoms with Crippen LogP contribution in [-0.4, -0.2) is 46.8 Å². The molecule has 4 amide bonds. The lowest BCUT2D eigenvalue weighted by Crippen LogP contribution is -2.50. The van der Waals surface area contributed by atoms with E-state index >= 15 is 0 Å². The third-order valence-corrected chi connectivity index (χ3v) is 5.76. The van der Waals surface area contributed by atoms with Crippen molar-refractivity contribution in [3.63, 3.8) is 0 Å². The quantitative estimate of drug-likeness (QED) is 0.823. The number of carbonyl (C=O) groups is 3. The molecule has 1 aromatic carbocycles. The molecule has 26 heavy (non-hydrogen) atoms. The van der Waals surface area contributed by atoms with E-state index in [4.69, 9.17) is 0 Å². The molecular weight excluding hydrogens is 330 g/mol. The molecular formula is C20H27N3O3. The van der Waals surface area contributed by atoms with Gasteiger partial charge in [-0.05, 0) is 37.2 Å². The smallest absolute Gasteiger partial charge is 0.325 e. The van der Waals surface area contributed by atoms with Crippen molar-refractivity contribution in [2.45, 2.75) is 51.1 Å². The van der Waals surface area contributed by atoms with Gasteiger partial charge in [0.05, 0.1) is 0 Å². The molecule has 0 unspecified atom stereocenters. The molecule has 1 aliphatic carbocycles. The van der Waals surface area contributed by atoms with Crippen molar-refractivity contribution in [3.05, 3.63) is 35.9 Å². The molecule has 0 bridgehead atoms. The van der Waals surface area contributed by atoms with Crippen LogP contribution in [0.3, 0.4) is 0 Å². The number of nitrogens with zero attached hydrogens (tertiary/aromatic N) is 2. The van der Waals surface area contributed by atoms with Crippen LogP contribution >= 0.6 is 0 Å². The van der Waals surface area contributed by atoms with Crippen molar-refractivity contribution < 1.29 is 14.4 Å². The summed E-state index contributed by atoms with van der Waals surface area (Å²) in [5.74, 6) is 0.146. The Morgan fingerprint density at radius 1 is 1.23 bits per heavy atom. The van der Waals surface area contributed by atoms with Gasteiger partial charge < -0.3 is 10.2 Å². The second-order valence-electron chi connectivity index (χ2n) is 7.49. The van der Waals surface area contributed by atoms with Crippen LogP contribution in [0, 0.1) is 5.92 Å². The van der Waals surface area contributed by atoms with Crippen LogP contribution in [0.25, 0.3) is 0 Å². The van der Waals surface area contributed by atoms with Gasteiger partial charge >= 0.3 is 6.03 Å². The number of likely N-dealkylation sites (N-methyl/N-ethyl adjacent to an activating group) is 1. The van der Waals surface area contributed by atoms with Gasteiger partial charge in [0.15, 0.2) is 0 Å². The Bertz CT molecular complexity index is 681. The first-order valence-corrected chi connectivity index (χ1v) is 9.37. The lowest BCUT2D eigenvalue weighted by atomic mass is 9.75. The van der Waals surface area contributed by atoms with Crippen LogP contribution in [0.15, 0.2) is 30.3 Å². The molecule has 0 aromatic heterocycles. The molecule has 1 heterocycles. The highest BCUT2D eigenvalue weighted by Gasteiger charge is 2.52. The Labute approximate surface area is 154 Å². The molecule has 1 spiro atoms. The number of benzene rings is 1. The third kappa shape index (κ3) is 3.59. The van der Waals surface area contributed by atoms with E-state index in [9.17, 15) is 14.4 Å². The highest BCUT2D eigenvalue weighted by atomic mass is 16.2. The maximum absolute atomic E-state index is 12.9. The van der Waals surface area contributed by atoms with Crippen molar-refractivity contribution in [1.82, 2.24) is 15.1 Å². The van der Waals surface area contributed by atoms with Gasteiger partial charge in [-0.25, -0.2) is 4.79 Å². The summed E-state index contributed by atoms with van der Waals surface area (Å²) in [6, 6.07) is 9.21. The van der Waals surface area contributed by atoms with Gasteiger partial charge in [0, 0.05) is 13.6 Å². The van der Waals surface area contributed by atoms with Gasteiger partial charge in [-0.1, -0.05) is 43.7 Å². The predicted octanol–water partition coefficient (Wildman–Crippen LogP) is 2.54. The van der Waals surface area contributed by atoms with Crippen LogP contribution < -0.4 is 5.32 Å². The first-order chi connectivity index (χ1) is 12.4. The average molecular weight is 357 g/mol. The zero-order valence-corrected chi connectivity index (χ0v) is 15.5. The van der Waals surface area contributed by atoms with Crippen LogP contribution in [-0.2, 0) is 16.1 Å². The standard InChI is InChI=1S/C20H27N3O3/c1-3-15-9-11-20(12-10-15)18(25)23(19(26)21-20)14-17(24)22(2)13-16-7-5-4-6-8-16/h4-8,15H,3,9-14H2,1-2H3,(H,21,26). The fourth-order valence-electron chi connectivity index (χ4n) is 3.94. The molecule has 2 fully saturated rings. The summed E-state index contributed by atoms with van der Waals surface area (Å²) >= 11 is 0. The second kappa shape index (κ2) is 7.48. The van der Waals surface area contributed by atoms with E-state index in [-0.39, 0.29) is 18.4 Å². The number of urea groups is 1. The van der Waals surface area contributed by atoms with E-state index in [1.165, 1.54) is 0 Å². The molecule has 1 aliphatic heterocycles. The van der Waals surface area contributed by atoms with E-state index in [0.29, 0.717) is 25.3 Å². The lowest BCUT2D eigenvalue weighted by molar-refractivity contribution is -0.139. The predicted molar refractivity (Wildman–Crippen MR) is 98.1 cm³/mol. The maximum Gasteiger partial charge on any atom is 0.325 e. The Balaban J connectivity index is 1.61. The maximum atomic E-state index is 12.9. The first-order valence-electron chi connectivity index (χ1n) is 9.37. The van der Waals surface area contributed by atoms with Gasteiger partial charge in [-0.3, -0.25) is 14.5 Å². The zero-order valence-electron chi connectivity index (χ0n) is 15.5. The minimum atomic E-state index is -0.791. The van der Waals surface area contributed by atoms with Crippen LogP contribution in [0.1, 0.15) is 44.6 Å². The van der Waals surface area contributed by atoms with Crippen molar-refractivity contribution in [2.75, 3.05) is 13.6 Å².